The fourth-order valence-electron chi connectivity index (χ4n) is 3.01. The number of sulfonamides is 1. The number of carbonyl (C=O) groups is 1. The fraction of sp³-hybridized carbons (Fsp3) is 0.316. The molecule has 3 heterocycles. The van der Waals surface area contributed by atoms with Crippen LogP contribution in [-0.4, -0.2) is 47.7 Å². The first-order valence-electron chi connectivity index (χ1n) is 8.96. The molecule has 2 aromatic heterocycles. The summed E-state index contributed by atoms with van der Waals surface area (Å²) in [6.07, 6.45) is 10.1. The SMILES string of the molecule is O=C1NCCCC[C@H]1N(C/C=C/c1cccnc1)S(=O)(=O)c1ccc(Cl)nc1. The van der Waals surface area contributed by atoms with E-state index in [0.29, 0.717) is 13.0 Å². The van der Waals surface area contributed by atoms with Gasteiger partial charge < -0.3 is 5.32 Å². The highest BCUT2D eigenvalue weighted by atomic mass is 35.5. The molecule has 0 radical (unpaired) electrons. The lowest BCUT2D eigenvalue weighted by atomic mass is 10.1. The van der Waals surface area contributed by atoms with Gasteiger partial charge in [-0.3, -0.25) is 9.78 Å². The molecule has 0 aromatic carbocycles. The molecule has 1 fully saturated rings. The number of nitrogens with one attached hydrogen (secondary N) is 1. The van der Waals surface area contributed by atoms with Crippen LogP contribution < -0.4 is 5.32 Å². The van der Waals surface area contributed by atoms with Gasteiger partial charge in [0.05, 0.1) is 0 Å². The van der Waals surface area contributed by atoms with Crippen LogP contribution in [-0.2, 0) is 14.8 Å². The van der Waals surface area contributed by atoms with Crippen LogP contribution >= 0.6 is 11.6 Å². The Kier molecular flexibility index (Phi) is 6.77. The standard InChI is InChI=1S/C19H21ClN4O3S/c20-18-9-8-16(14-23-18)28(26,27)24(17-7-1-2-11-22-19(17)25)12-4-6-15-5-3-10-21-13-15/h3-6,8-10,13-14,17H,1-2,7,11-12H2,(H,22,25)/b6-4+/t17-/m1/s1. The molecule has 1 saturated heterocycles. The number of aromatic nitrogens is 2. The molecule has 28 heavy (non-hydrogen) atoms. The largest absolute Gasteiger partial charge is 0.355 e. The van der Waals surface area contributed by atoms with Crippen molar-refractivity contribution >= 4 is 33.6 Å². The van der Waals surface area contributed by atoms with Crippen LogP contribution in [0, 0.1) is 0 Å². The second-order valence-electron chi connectivity index (χ2n) is 6.38. The predicted octanol–water partition coefficient (Wildman–Crippen LogP) is 2.50. The summed E-state index contributed by atoms with van der Waals surface area (Å²) in [6, 6.07) is 5.71. The summed E-state index contributed by atoms with van der Waals surface area (Å²) in [4.78, 5) is 20.4. The maximum absolute atomic E-state index is 13.3. The molecule has 1 atom stereocenters. The lowest BCUT2D eigenvalue weighted by molar-refractivity contribution is -0.124. The summed E-state index contributed by atoms with van der Waals surface area (Å²) in [6.45, 7) is 0.606. The van der Waals surface area contributed by atoms with Gasteiger partial charge in [0.15, 0.2) is 0 Å². The third kappa shape index (κ3) is 4.95. The number of pyridine rings is 2. The van der Waals surface area contributed by atoms with E-state index in [4.69, 9.17) is 11.6 Å². The average Bonchev–Trinajstić information content (AvgIpc) is 2.90. The number of carbonyl (C=O) groups excluding carboxylic acids is 1. The number of amides is 1. The van der Waals surface area contributed by atoms with E-state index in [1.54, 1.807) is 30.6 Å². The van der Waals surface area contributed by atoms with Crippen molar-refractivity contribution < 1.29 is 13.2 Å². The van der Waals surface area contributed by atoms with Crippen molar-refractivity contribution in [3.63, 3.8) is 0 Å². The minimum atomic E-state index is -3.94. The van der Waals surface area contributed by atoms with Crippen molar-refractivity contribution in [2.75, 3.05) is 13.1 Å². The molecule has 3 rings (SSSR count). The molecule has 1 aliphatic rings. The van der Waals surface area contributed by atoms with Gasteiger partial charge in [0.1, 0.15) is 16.1 Å². The van der Waals surface area contributed by atoms with Crippen LogP contribution in [0.2, 0.25) is 5.15 Å². The molecule has 148 valence electrons. The molecule has 1 aliphatic heterocycles. The van der Waals surface area contributed by atoms with E-state index in [1.165, 1.54) is 22.6 Å². The summed E-state index contributed by atoms with van der Waals surface area (Å²) in [5.41, 5.74) is 0.846. The van der Waals surface area contributed by atoms with Gasteiger partial charge >= 0.3 is 0 Å². The highest BCUT2D eigenvalue weighted by molar-refractivity contribution is 7.89. The van der Waals surface area contributed by atoms with E-state index in [1.807, 2.05) is 6.07 Å². The molecule has 0 spiro atoms. The number of hydrogen-bond donors (Lipinski definition) is 1. The smallest absolute Gasteiger partial charge is 0.245 e. The van der Waals surface area contributed by atoms with Gasteiger partial charge in [-0.1, -0.05) is 29.8 Å². The Balaban J connectivity index is 1.92. The Morgan fingerprint density at radius 2 is 2.11 bits per heavy atom. The van der Waals surface area contributed by atoms with E-state index < -0.39 is 16.1 Å². The third-order valence-corrected chi connectivity index (χ3v) is 6.52. The summed E-state index contributed by atoms with van der Waals surface area (Å²) >= 11 is 5.79. The van der Waals surface area contributed by atoms with Crippen molar-refractivity contribution in [2.45, 2.75) is 30.2 Å². The van der Waals surface area contributed by atoms with Gasteiger partial charge in [-0.05, 0) is 43.0 Å². The third-order valence-electron chi connectivity index (χ3n) is 4.44. The fourth-order valence-corrected chi connectivity index (χ4v) is 4.64. The van der Waals surface area contributed by atoms with Crippen LogP contribution in [0.3, 0.4) is 0 Å². The monoisotopic (exact) mass is 420 g/mol. The van der Waals surface area contributed by atoms with Crippen LogP contribution in [0.4, 0.5) is 0 Å². The van der Waals surface area contributed by atoms with E-state index >= 15 is 0 Å². The Labute approximate surface area is 169 Å². The summed E-state index contributed by atoms with van der Waals surface area (Å²) in [7, 11) is -3.94. The molecule has 0 bridgehead atoms. The Morgan fingerprint density at radius 1 is 1.25 bits per heavy atom. The Bertz CT molecular complexity index is 933. The van der Waals surface area contributed by atoms with Crippen LogP contribution in [0.15, 0.2) is 53.8 Å². The molecular weight excluding hydrogens is 400 g/mol. The first-order valence-corrected chi connectivity index (χ1v) is 10.8. The van der Waals surface area contributed by atoms with Gasteiger partial charge in [0.2, 0.25) is 15.9 Å². The minimum Gasteiger partial charge on any atom is -0.355 e. The maximum atomic E-state index is 13.3. The second kappa shape index (κ2) is 9.27. The molecule has 0 unspecified atom stereocenters. The summed E-state index contributed by atoms with van der Waals surface area (Å²) in [5.74, 6) is -0.280. The second-order valence-corrected chi connectivity index (χ2v) is 8.66. The molecule has 0 aliphatic carbocycles. The molecule has 1 N–H and O–H groups in total. The van der Waals surface area contributed by atoms with Gasteiger partial charge in [0, 0.05) is 31.7 Å². The highest BCUT2D eigenvalue weighted by Gasteiger charge is 2.35. The van der Waals surface area contributed by atoms with E-state index in [0.717, 1.165) is 18.4 Å². The zero-order chi connectivity index (χ0) is 20.0. The van der Waals surface area contributed by atoms with Crippen molar-refractivity contribution in [2.24, 2.45) is 0 Å². The maximum Gasteiger partial charge on any atom is 0.245 e. The summed E-state index contributed by atoms with van der Waals surface area (Å²) in [5, 5.41) is 3.00. The molecule has 1 amide bonds. The highest BCUT2D eigenvalue weighted by Crippen LogP contribution is 2.23. The van der Waals surface area contributed by atoms with Gasteiger partial charge in [0.25, 0.3) is 0 Å². The Morgan fingerprint density at radius 3 is 2.82 bits per heavy atom. The number of rotatable bonds is 6. The lowest BCUT2D eigenvalue weighted by Gasteiger charge is -2.28. The van der Waals surface area contributed by atoms with Gasteiger partial charge in [-0.15, -0.1) is 0 Å². The minimum absolute atomic E-state index is 0.00345. The molecular formula is C19H21ClN4O3S. The van der Waals surface area contributed by atoms with Crippen LogP contribution in [0.1, 0.15) is 24.8 Å². The van der Waals surface area contributed by atoms with Crippen molar-refractivity contribution in [1.29, 1.82) is 0 Å². The lowest BCUT2D eigenvalue weighted by Crippen LogP contribution is -2.48. The quantitative estimate of drug-likeness (QED) is 0.725. The van der Waals surface area contributed by atoms with E-state index in [9.17, 15) is 13.2 Å². The molecule has 0 saturated carbocycles. The normalized spacial score (nSPS) is 18.2. The Hall–Kier alpha value is -2.29. The number of nitrogens with zero attached hydrogens (tertiary/aromatic N) is 3. The van der Waals surface area contributed by atoms with Crippen molar-refractivity contribution in [3.8, 4) is 0 Å². The average molecular weight is 421 g/mol. The number of halogens is 1. The molecule has 9 heteroatoms. The van der Waals surface area contributed by atoms with E-state index in [2.05, 4.69) is 15.3 Å². The zero-order valence-electron chi connectivity index (χ0n) is 15.2. The van der Waals surface area contributed by atoms with Crippen molar-refractivity contribution in [1.82, 2.24) is 19.6 Å². The van der Waals surface area contributed by atoms with Crippen molar-refractivity contribution in [3.05, 3.63) is 59.6 Å². The topological polar surface area (TPSA) is 92.3 Å². The van der Waals surface area contributed by atoms with E-state index in [-0.39, 0.29) is 22.5 Å². The zero-order valence-corrected chi connectivity index (χ0v) is 16.7. The predicted molar refractivity (Wildman–Crippen MR) is 107 cm³/mol. The van der Waals surface area contributed by atoms with Gasteiger partial charge in [-0.25, -0.2) is 13.4 Å². The number of hydrogen-bond acceptors (Lipinski definition) is 5. The van der Waals surface area contributed by atoms with Crippen LogP contribution in [0.5, 0.6) is 0 Å². The molecule has 2 aromatic rings. The summed E-state index contributed by atoms with van der Waals surface area (Å²) < 4.78 is 27.7. The molecule has 7 nitrogen and oxygen atoms in total. The van der Waals surface area contributed by atoms with Gasteiger partial charge in [-0.2, -0.15) is 4.31 Å². The van der Waals surface area contributed by atoms with Crippen LogP contribution in [0.25, 0.3) is 6.08 Å². The first kappa shape index (κ1) is 20.4. The first-order chi connectivity index (χ1) is 13.5.